The average molecular weight is 270 g/mol. The Labute approximate surface area is 117 Å². The van der Waals surface area contributed by atoms with E-state index in [1.54, 1.807) is 0 Å². The third kappa shape index (κ3) is 5.49. The van der Waals surface area contributed by atoms with Gasteiger partial charge in [-0.1, -0.05) is 12.8 Å². The smallest absolute Gasteiger partial charge is 0.237 e. The fourth-order valence-corrected chi connectivity index (χ4v) is 2.91. The number of nitrogens with one attached hydrogen (secondary N) is 1. The molecule has 0 aromatic heterocycles. The van der Waals surface area contributed by atoms with Gasteiger partial charge in [-0.15, -0.1) is 0 Å². The average Bonchev–Trinajstić information content (AvgIpc) is 2.52. The molecule has 0 aliphatic carbocycles. The number of hydrogen-bond donors (Lipinski definition) is 2. The van der Waals surface area contributed by atoms with Gasteiger partial charge in [-0.2, -0.15) is 0 Å². The van der Waals surface area contributed by atoms with E-state index in [-0.39, 0.29) is 24.1 Å². The van der Waals surface area contributed by atoms with Gasteiger partial charge in [-0.25, -0.2) is 0 Å². The lowest BCUT2D eigenvalue weighted by atomic mass is 10.0. The molecule has 4 nitrogen and oxygen atoms in total. The van der Waals surface area contributed by atoms with E-state index < -0.39 is 0 Å². The Kier molecular flexibility index (Phi) is 6.80. The Morgan fingerprint density at radius 2 is 1.95 bits per heavy atom. The summed E-state index contributed by atoms with van der Waals surface area (Å²) in [5.74, 6) is 0.104. The zero-order valence-electron chi connectivity index (χ0n) is 12.9. The number of aliphatic hydroxyl groups is 1. The Bertz CT molecular complexity index is 279. The quantitative estimate of drug-likeness (QED) is 0.802. The molecular weight excluding hydrogens is 240 g/mol. The van der Waals surface area contributed by atoms with Crippen LogP contribution in [0.25, 0.3) is 0 Å². The molecule has 1 amide bonds. The first-order valence-corrected chi connectivity index (χ1v) is 7.66. The minimum atomic E-state index is -0.300. The second-order valence-corrected chi connectivity index (χ2v) is 6.16. The van der Waals surface area contributed by atoms with Crippen LogP contribution in [0.4, 0.5) is 0 Å². The predicted molar refractivity (Wildman–Crippen MR) is 78.0 cm³/mol. The number of amides is 1. The second-order valence-electron chi connectivity index (χ2n) is 6.16. The van der Waals surface area contributed by atoms with E-state index >= 15 is 0 Å². The van der Waals surface area contributed by atoms with Gasteiger partial charge in [-0.3, -0.25) is 9.69 Å². The molecule has 1 aliphatic rings. The molecule has 1 heterocycles. The van der Waals surface area contributed by atoms with Crippen LogP contribution in [0.5, 0.6) is 0 Å². The Hall–Kier alpha value is -0.610. The van der Waals surface area contributed by atoms with Crippen LogP contribution in [0.2, 0.25) is 0 Å². The van der Waals surface area contributed by atoms with E-state index in [9.17, 15) is 9.90 Å². The highest BCUT2D eigenvalue weighted by Gasteiger charge is 2.29. The van der Waals surface area contributed by atoms with Crippen molar-refractivity contribution in [2.45, 2.75) is 84.0 Å². The van der Waals surface area contributed by atoms with Crippen molar-refractivity contribution in [2.24, 2.45) is 0 Å². The summed E-state index contributed by atoms with van der Waals surface area (Å²) in [6.45, 7) is 8.75. The van der Waals surface area contributed by atoms with Crippen molar-refractivity contribution < 1.29 is 9.90 Å². The summed E-state index contributed by atoms with van der Waals surface area (Å²) in [7, 11) is 0. The topological polar surface area (TPSA) is 52.6 Å². The molecule has 3 unspecified atom stereocenters. The fourth-order valence-electron chi connectivity index (χ4n) is 2.91. The second kappa shape index (κ2) is 7.85. The summed E-state index contributed by atoms with van der Waals surface area (Å²) in [5.41, 5.74) is 0. The first-order valence-electron chi connectivity index (χ1n) is 7.66. The summed E-state index contributed by atoms with van der Waals surface area (Å²) in [4.78, 5) is 14.5. The molecular formula is C15H30N2O2. The van der Waals surface area contributed by atoms with Crippen molar-refractivity contribution in [1.29, 1.82) is 0 Å². The number of rotatable bonds is 5. The third-order valence-electron chi connectivity index (χ3n) is 3.84. The fraction of sp³-hybridized carbons (Fsp3) is 0.933. The lowest BCUT2D eigenvalue weighted by molar-refractivity contribution is -0.127. The van der Waals surface area contributed by atoms with Crippen molar-refractivity contribution in [1.82, 2.24) is 10.2 Å². The molecule has 1 saturated heterocycles. The normalized spacial score (nSPS) is 24.8. The maximum Gasteiger partial charge on any atom is 0.237 e. The minimum absolute atomic E-state index is 0.104. The van der Waals surface area contributed by atoms with Crippen molar-refractivity contribution in [3.8, 4) is 0 Å². The van der Waals surface area contributed by atoms with Crippen LogP contribution in [0.15, 0.2) is 0 Å². The van der Waals surface area contributed by atoms with Gasteiger partial charge in [0.25, 0.3) is 0 Å². The number of carbonyl (C=O) groups is 1. The molecule has 19 heavy (non-hydrogen) atoms. The molecule has 2 N–H and O–H groups in total. The standard InChI is InChI=1S/C15H30N2O2/c1-11(2)16-15(19)13(4)17-9-7-5-6-8-14(17)10-12(3)18/h11-14,18H,5-10H2,1-4H3,(H,16,19). The molecule has 4 heteroatoms. The van der Waals surface area contributed by atoms with Crippen molar-refractivity contribution >= 4 is 5.91 Å². The predicted octanol–water partition coefficient (Wildman–Crippen LogP) is 1.91. The summed E-state index contributed by atoms with van der Waals surface area (Å²) >= 11 is 0. The van der Waals surface area contributed by atoms with Gasteiger partial charge in [0, 0.05) is 12.1 Å². The van der Waals surface area contributed by atoms with Crippen molar-refractivity contribution in [3.63, 3.8) is 0 Å². The summed E-state index contributed by atoms with van der Waals surface area (Å²) in [5, 5.41) is 12.6. The Balaban J connectivity index is 2.69. The number of nitrogens with zero attached hydrogens (tertiary/aromatic N) is 1. The number of likely N-dealkylation sites (tertiary alicyclic amines) is 1. The van der Waals surface area contributed by atoms with Gasteiger partial charge < -0.3 is 10.4 Å². The molecule has 0 radical (unpaired) electrons. The zero-order valence-corrected chi connectivity index (χ0v) is 12.9. The van der Waals surface area contributed by atoms with Gasteiger partial charge >= 0.3 is 0 Å². The van der Waals surface area contributed by atoms with Gasteiger partial charge in [0.15, 0.2) is 0 Å². The molecule has 0 spiro atoms. The van der Waals surface area contributed by atoms with E-state index in [4.69, 9.17) is 0 Å². The van der Waals surface area contributed by atoms with Crippen LogP contribution in [0, 0.1) is 0 Å². The molecule has 0 aromatic carbocycles. The SMILES string of the molecule is CC(O)CC1CCCCCN1C(C)C(=O)NC(C)C. The molecule has 3 atom stereocenters. The van der Waals surface area contributed by atoms with E-state index in [0.717, 1.165) is 25.8 Å². The molecule has 0 saturated carbocycles. The zero-order chi connectivity index (χ0) is 14.4. The van der Waals surface area contributed by atoms with Crippen LogP contribution in [-0.4, -0.2) is 46.7 Å². The molecule has 0 bridgehead atoms. The highest BCUT2D eigenvalue weighted by Crippen LogP contribution is 2.22. The highest BCUT2D eigenvalue weighted by molar-refractivity contribution is 5.81. The van der Waals surface area contributed by atoms with Gasteiger partial charge in [0.2, 0.25) is 5.91 Å². The third-order valence-corrected chi connectivity index (χ3v) is 3.84. The maximum atomic E-state index is 12.2. The van der Waals surface area contributed by atoms with E-state index in [1.165, 1.54) is 12.8 Å². The molecule has 1 aliphatic heterocycles. The van der Waals surface area contributed by atoms with Gasteiger partial charge in [0.05, 0.1) is 12.1 Å². The highest BCUT2D eigenvalue weighted by atomic mass is 16.3. The Morgan fingerprint density at radius 1 is 1.26 bits per heavy atom. The number of hydrogen-bond acceptors (Lipinski definition) is 3. The summed E-state index contributed by atoms with van der Waals surface area (Å²) in [6, 6.07) is 0.400. The van der Waals surface area contributed by atoms with E-state index in [2.05, 4.69) is 10.2 Å². The first-order chi connectivity index (χ1) is 8.91. The van der Waals surface area contributed by atoms with Crippen LogP contribution in [-0.2, 0) is 4.79 Å². The largest absolute Gasteiger partial charge is 0.393 e. The number of aliphatic hydroxyl groups excluding tert-OH is 1. The summed E-state index contributed by atoms with van der Waals surface area (Å²) in [6.07, 6.45) is 5.13. The Morgan fingerprint density at radius 3 is 2.53 bits per heavy atom. The van der Waals surface area contributed by atoms with Crippen LogP contribution in [0.1, 0.15) is 59.8 Å². The molecule has 1 rings (SSSR count). The van der Waals surface area contributed by atoms with Crippen LogP contribution in [0.3, 0.4) is 0 Å². The summed E-state index contributed by atoms with van der Waals surface area (Å²) < 4.78 is 0. The maximum absolute atomic E-state index is 12.2. The van der Waals surface area contributed by atoms with E-state index in [1.807, 2.05) is 27.7 Å². The lowest BCUT2D eigenvalue weighted by Crippen LogP contribution is -2.51. The first kappa shape index (κ1) is 16.4. The van der Waals surface area contributed by atoms with Gasteiger partial charge in [0.1, 0.15) is 0 Å². The van der Waals surface area contributed by atoms with Crippen molar-refractivity contribution in [3.05, 3.63) is 0 Å². The number of carbonyl (C=O) groups excluding carboxylic acids is 1. The minimum Gasteiger partial charge on any atom is -0.393 e. The van der Waals surface area contributed by atoms with Crippen LogP contribution >= 0.6 is 0 Å². The van der Waals surface area contributed by atoms with E-state index in [0.29, 0.717) is 6.04 Å². The van der Waals surface area contributed by atoms with Gasteiger partial charge in [-0.05, 0) is 53.5 Å². The monoisotopic (exact) mass is 270 g/mol. The molecule has 112 valence electrons. The van der Waals surface area contributed by atoms with Crippen LogP contribution < -0.4 is 5.32 Å². The van der Waals surface area contributed by atoms with Crippen molar-refractivity contribution in [2.75, 3.05) is 6.54 Å². The molecule has 0 aromatic rings. The lowest BCUT2D eigenvalue weighted by Gasteiger charge is -2.35. The molecule has 1 fully saturated rings.